The van der Waals surface area contributed by atoms with Crippen molar-refractivity contribution in [3.63, 3.8) is 0 Å². The molecule has 0 aromatic heterocycles. The van der Waals surface area contributed by atoms with Crippen LogP contribution in [-0.2, 0) is 16.0 Å². The van der Waals surface area contributed by atoms with Crippen LogP contribution in [0.25, 0.3) is 0 Å². The monoisotopic (exact) mass is 277 g/mol. The number of hydrogen-bond donors (Lipinski definition) is 2. The fourth-order valence-electron chi connectivity index (χ4n) is 1.42. The summed E-state index contributed by atoms with van der Waals surface area (Å²) in [6.07, 6.45) is -4.58. The molecule has 0 fully saturated rings. The Kier molecular flexibility index (Phi) is 4.41. The summed E-state index contributed by atoms with van der Waals surface area (Å²) in [5.74, 6) is -1.08. The van der Waals surface area contributed by atoms with Gasteiger partial charge in [-0.05, 0) is 24.6 Å². The summed E-state index contributed by atoms with van der Waals surface area (Å²) < 4.78 is 39.9. The first-order valence-corrected chi connectivity index (χ1v) is 5.41. The molecule has 0 aliphatic carbocycles. The lowest BCUT2D eigenvalue weighted by Crippen LogP contribution is -2.48. The molecule has 3 N–H and O–H groups in total. The number of phenolic OH excluding ortho intramolecular Hbond substituents is 1. The van der Waals surface area contributed by atoms with E-state index in [-0.39, 0.29) is 12.2 Å². The molecule has 1 aromatic carbocycles. The molecule has 0 amide bonds. The van der Waals surface area contributed by atoms with Crippen LogP contribution in [0, 0.1) is 0 Å². The number of carbonyl (C=O) groups excluding carboxylic acids is 1. The Morgan fingerprint density at radius 3 is 2.32 bits per heavy atom. The minimum Gasteiger partial charge on any atom is -0.508 e. The quantitative estimate of drug-likeness (QED) is 0.822. The standard InChI is InChI=1S/C12H14F3NO3/c1-11(16,10(18)19-7-12(13,14)15)6-8-2-4-9(17)5-3-8/h2-5,17H,6-7,16H2,1H3/t11-/m0/s1. The first-order chi connectivity index (χ1) is 8.60. The van der Waals surface area contributed by atoms with Gasteiger partial charge in [0.15, 0.2) is 6.61 Å². The van der Waals surface area contributed by atoms with E-state index in [2.05, 4.69) is 4.74 Å². The molecule has 0 bridgehead atoms. The van der Waals surface area contributed by atoms with Gasteiger partial charge in [0.2, 0.25) is 0 Å². The number of phenols is 1. The van der Waals surface area contributed by atoms with Crippen molar-refractivity contribution in [1.29, 1.82) is 0 Å². The predicted octanol–water partition coefficient (Wildman–Crippen LogP) is 1.76. The Hall–Kier alpha value is -1.76. The number of esters is 1. The van der Waals surface area contributed by atoms with E-state index in [9.17, 15) is 18.0 Å². The molecule has 1 atom stereocenters. The van der Waals surface area contributed by atoms with Crippen LogP contribution in [0.3, 0.4) is 0 Å². The van der Waals surface area contributed by atoms with Crippen LogP contribution >= 0.6 is 0 Å². The van der Waals surface area contributed by atoms with Crippen LogP contribution in [0.1, 0.15) is 12.5 Å². The molecule has 1 rings (SSSR count). The largest absolute Gasteiger partial charge is 0.508 e. The SMILES string of the molecule is C[C@](N)(Cc1ccc(O)cc1)C(=O)OCC(F)(F)F. The third-order valence-electron chi connectivity index (χ3n) is 2.34. The Labute approximate surface area is 108 Å². The van der Waals surface area contributed by atoms with E-state index < -0.39 is 24.3 Å². The van der Waals surface area contributed by atoms with Gasteiger partial charge in [-0.2, -0.15) is 13.2 Å². The highest BCUT2D eigenvalue weighted by Crippen LogP contribution is 2.19. The maximum Gasteiger partial charge on any atom is 0.422 e. The molecule has 0 saturated heterocycles. The Morgan fingerprint density at radius 2 is 1.84 bits per heavy atom. The highest BCUT2D eigenvalue weighted by Gasteiger charge is 2.35. The summed E-state index contributed by atoms with van der Waals surface area (Å²) in [7, 11) is 0. The minimum atomic E-state index is -4.58. The van der Waals surface area contributed by atoms with Crippen LogP contribution in [0.2, 0.25) is 0 Å². The van der Waals surface area contributed by atoms with Gasteiger partial charge in [0, 0.05) is 6.42 Å². The van der Waals surface area contributed by atoms with Crippen molar-refractivity contribution in [2.45, 2.75) is 25.1 Å². The van der Waals surface area contributed by atoms with E-state index in [0.717, 1.165) is 0 Å². The molecule has 0 heterocycles. The lowest BCUT2D eigenvalue weighted by molar-refractivity contribution is -0.189. The van der Waals surface area contributed by atoms with Gasteiger partial charge in [-0.25, -0.2) is 0 Å². The number of hydrogen-bond acceptors (Lipinski definition) is 4. The topological polar surface area (TPSA) is 72.5 Å². The normalized spacial score (nSPS) is 14.8. The van der Waals surface area contributed by atoms with E-state index in [1.807, 2.05) is 0 Å². The number of carbonyl (C=O) groups is 1. The van der Waals surface area contributed by atoms with Gasteiger partial charge in [-0.3, -0.25) is 4.79 Å². The molecular formula is C12H14F3NO3. The molecule has 0 unspecified atom stereocenters. The molecule has 0 saturated carbocycles. The Balaban J connectivity index is 2.64. The molecular weight excluding hydrogens is 263 g/mol. The number of aromatic hydroxyl groups is 1. The van der Waals surface area contributed by atoms with Gasteiger partial charge in [0.1, 0.15) is 11.3 Å². The van der Waals surface area contributed by atoms with Gasteiger partial charge >= 0.3 is 12.1 Å². The van der Waals surface area contributed by atoms with Gasteiger partial charge in [0.05, 0.1) is 0 Å². The zero-order valence-corrected chi connectivity index (χ0v) is 10.2. The second-order valence-corrected chi connectivity index (χ2v) is 4.45. The van der Waals surface area contributed by atoms with Crippen LogP contribution in [0.4, 0.5) is 13.2 Å². The number of ether oxygens (including phenoxy) is 1. The zero-order valence-electron chi connectivity index (χ0n) is 10.2. The molecule has 0 radical (unpaired) electrons. The minimum absolute atomic E-state index is 0.00394. The third-order valence-corrected chi connectivity index (χ3v) is 2.34. The van der Waals surface area contributed by atoms with Crippen LogP contribution in [0.15, 0.2) is 24.3 Å². The third kappa shape index (κ3) is 5.17. The van der Waals surface area contributed by atoms with Gasteiger partial charge in [0.25, 0.3) is 0 Å². The summed E-state index contributed by atoms with van der Waals surface area (Å²) >= 11 is 0. The maximum atomic E-state index is 11.9. The Bertz CT molecular complexity index is 441. The lowest BCUT2D eigenvalue weighted by atomic mass is 9.94. The van der Waals surface area contributed by atoms with Gasteiger partial charge in [-0.1, -0.05) is 12.1 Å². The fraction of sp³-hybridized carbons (Fsp3) is 0.417. The molecule has 0 aliphatic heterocycles. The number of benzene rings is 1. The van der Waals surface area contributed by atoms with Crippen molar-refractivity contribution in [3.05, 3.63) is 29.8 Å². The van der Waals surface area contributed by atoms with Crippen molar-refractivity contribution in [2.75, 3.05) is 6.61 Å². The predicted molar refractivity (Wildman–Crippen MR) is 61.4 cm³/mol. The Morgan fingerprint density at radius 1 is 1.32 bits per heavy atom. The second-order valence-electron chi connectivity index (χ2n) is 4.45. The molecule has 0 spiro atoms. The van der Waals surface area contributed by atoms with Crippen LogP contribution in [0.5, 0.6) is 5.75 Å². The molecule has 106 valence electrons. The van der Waals surface area contributed by atoms with Crippen molar-refractivity contribution in [2.24, 2.45) is 5.73 Å². The second kappa shape index (κ2) is 5.48. The molecule has 0 aliphatic rings. The molecule has 7 heteroatoms. The van der Waals surface area contributed by atoms with Crippen molar-refractivity contribution in [1.82, 2.24) is 0 Å². The maximum absolute atomic E-state index is 11.9. The summed E-state index contributed by atoms with van der Waals surface area (Å²) in [6, 6.07) is 5.84. The number of alkyl halides is 3. The van der Waals surface area contributed by atoms with Gasteiger partial charge < -0.3 is 15.6 Å². The molecule has 1 aromatic rings. The average Bonchev–Trinajstić information content (AvgIpc) is 2.27. The number of rotatable bonds is 4. The number of nitrogens with two attached hydrogens (primary N) is 1. The van der Waals surface area contributed by atoms with E-state index >= 15 is 0 Å². The van der Waals surface area contributed by atoms with Crippen LogP contribution in [-0.4, -0.2) is 29.4 Å². The van der Waals surface area contributed by atoms with E-state index in [1.165, 1.54) is 31.2 Å². The summed E-state index contributed by atoms with van der Waals surface area (Å²) in [5, 5.41) is 9.09. The summed E-state index contributed by atoms with van der Waals surface area (Å²) in [4.78, 5) is 11.5. The van der Waals surface area contributed by atoms with E-state index in [1.54, 1.807) is 0 Å². The van der Waals surface area contributed by atoms with Crippen molar-refractivity contribution >= 4 is 5.97 Å². The number of halogens is 3. The molecule has 19 heavy (non-hydrogen) atoms. The van der Waals surface area contributed by atoms with E-state index in [0.29, 0.717) is 5.56 Å². The highest BCUT2D eigenvalue weighted by molar-refractivity contribution is 5.80. The van der Waals surface area contributed by atoms with Crippen LogP contribution < -0.4 is 5.73 Å². The highest BCUT2D eigenvalue weighted by atomic mass is 19.4. The fourth-order valence-corrected chi connectivity index (χ4v) is 1.42. The summed E-state index contributed by atoms with van der Waals surface area (Å²) in [6.45, 7) is -0.368. The lowest BCUT2D eigenvalue weighted by Gasteiger charge is -2.23. The zero-order chi connectivity index (χ0) is 14.7. The van der Waals surface area contributed by atoms with E-state index in [4.69, 9.17) is 10.8 Å². The van der Waals surface area contributed by atoms with Gasteiger partial charge in [-0.15, -0.1) is 0 Å². The smallest absolute Gasteiger partial charge is 0.422 e. The first-order valence-electron chi connectivity index (χ1n) is 5.41. The summed E-state index contributed by atoms with van der Waals surface area (Å²) in [5.41, 5.74) is 4.69. The first kappa shape index (κ1) is 15.3. The van der Waals surface area contributed by atoms with Crippen molar-refractivity contribution < 1.29 is 27.8 Å². The molecule has 4 nitrogen and oxygen atoms in total. The average molecular weight is 277 g/mol. The van der Waals surface area contributed by atoms with Crippen molar-refractivity contribution in [3.8, 4) is 5.75 Å².